The van der Waals surface area contributed by atoms with Crippen LogP contribution in [0.5, 0.6) is 0 Å². The summed E-state index contributed by atoms with van der Waals surface area (Å²) in [7, 11) is 0. The summed E-state index contributed by atoms with van der Waals surface area (Å²) in [5, 5.41) is 19.0. The number of aliphatic hydroxyl groups is 2. The molecule has 0 saturated carbocycles. The highest BCUT2D eigenvalue weighted by atomic mass is 32.2. The third-order valence-electron chi connectivity index (χ3n) is 3.08. The molecule has 1 aromatic rings. The molecule has 1 aromatic carbocycles. The van der Waals surface area contributed by atoms with Crippen molar-refractivity contribution in [2.75, 3.05) is 19.0 Å². The van der Waals surface area contributed by atoms with Gasteiger partial charge in [-0.15, -0.1) is 0 Å². The van der Waals surface area contributed by atoms with Gasteiger partial charge in [0.25, 0.3) is 0 Å². The van der Waals surface area contributed by atoms with Crippen molar-refractivity contribution in [2.45, 2.75) is 24.3 Å². The average molecular weight is 294 g/mol. The number of hydrogen-bond donors (Lipinski definition) is 2. The van der Waals surface area contributed by atoms with Crippen LogP contribution in [0.15, 0.2) is 24.3 Å². The van der Waals surface area contributed by atoms with Crippen LogP contribution in [0, 0.1) is 6.92 Å². The molecule has 0 aliphatic carbocycles. The van der Waals surface area contributed by atoms with Crippen molar-refractivity contribution >= 4 is 11.8 Å². The smallest absolute Gasteiger partial charge is 0.395 e. The van der Waals surface area contributed by atoms with Gasteiger partial charge >= 0.3 is 5.51 Å². The van der Waals surface area contributed by atoms with Gasteiger partial charge in [-0.1, -0.05) is 41.6 Å². The van der Waals surface area contributed by atoms with Gasteiger partial charge in [0.2, 0.25) is 0 Å². The normalized spacial score (nSPS) is 12.7. The van der Waals surface area contributed by atoms with Crippen molar-refractivity contribution in [3.8, 4) is 0 Å². The maximum atomic E-state index is 12.1. The summed E-state index contributed by atoms with van der Waals surface area (Å²) in [6.45, 7) is 1.09. The standard InChI is InChI=1S/C13H17F3O2S/c1-10-3-2-4-11(7-10)12(8-17,9-18)5-6-19-13(14,15)16/h2-4,7,17-18H,5-6,8-9H2,1H3. The van der Waals surface area contributed by atoms with Gasteiger partial charge in [0.1, 0.15) is 0 Å². The van der Waals surface area contributed by atoms with Crippen molar-refractivity contribution in [3.05, 3.63) is 35.4 Å². The van der Waals surface area contributed by atoms with Crippen LogP contribution >= 0.6 is 11.8 Å². The van der Waals surface area contributed by atoms with Crippen molar-refractivity contribution in [3.63, 3.8) is 0 Å². The molecular weight excluding hydrogens is 277 g/mol. The number of thioether (sulfide) groups is 1. The molecule has 2 N–H and O–H groups in total. The minimum Gasteiger partial charge on any atom is -0.395 e. The highest BCUT2D eigenvalue weighted by Gasteiger charge is 2.34. The second-order valence-electron chi connectivity index (χ2n) is 4.51. The Morgan fingerprint density at radius 2 is 1.79 bits per heavy atom. The van der Waals surface area contributed by atoms with Crippen molar-refractivity contribution in [1.82, 2.24) is 0 Å². The van der Waals surface area contributed by atoms with E-state index in [0.29, 0.717) is 5.56 Å². The van der Waals surface area contributed by atoms with Crippen LogP contribution in [-0.2, 0) is 5.41 Å². The third-order valence-corrected chi connectivity index (χ3v) is 3.82. The van der Waals surface area contributed by atoms with Crippen molar-refractivity contribution in [2.24, 2.45) is 0 Å². The number of rotatable bonds is 6. The molecule has 0 heterocycles. The molecular formula is C13H17F3O2S. The number of benzene rings is 1. The maximum Gasteiger partial charge on any atom is 0.441 e. The molecule has 0 amide bonds. The molecule has 0 aromatic heterocycles. The zero-order chi connectivity index (χ0) is 14.5. The van der Waals surface area contributed by atoms with Crippen LogP contribution in [0.3, 0.4) is 0 Å². The Morgan fingerprint density at radius 3 is 2.26 bits per heavy atom. The number of hydrogen-bond acceptors (Lipinski definition) is 3. The molecule has 108 valence electrons. The van der Waals surface area contributed by atoms with Gasteiger partial charge in [-0.3, -0.25) is 0 Å². The Labute approximate surface area is 114 Å². The molecule has 0 bridgehead atoms. The SMILES string of the molecule is Cc1cccc(C(CO)(CO)CCSC(F)(F)F)c1. The molecule has 6 heteroatoms. The lowest BCUT2D eigenvalue weighted by molar-refractivity contribution is -0.0329. The maximum absolute atomic E-state index is 12.1. The minimum atomic E-state index is -4.29. The summed E-state index contributed by atoms with van der Waals surface area (Å²) in [4.78, 5) is 0. The minimum absolute atomic E-state index is 0.0631. The van der Waals surface area contributed by atoms with Crippen LogP contribution in [0.4, 0.5) is 13.2 Å². The van der Waals surface area contributed by atoms with Gasteiger partial charge in [-0.2, -0.15) is 13.2 Å². The van der Waals surface area contributed by atoms with Crippen LogP contribution in [0.1, 0.15) is 17.5 Å². The third kappa shape index (κ3) is 4.71. The Kier molecular flexibility index (Phi) is 5.70. The molecule has 0 spiro atoms. The van der Waals surface area contributed by atoms with Crippen LogP contribution in [0.2, 0.25) is 0 Å². The molecule has 2 nitrogen and oxygen atoms in total. The van der Waals surface area contributed by atoms with Gasteiger partial charge in [-0.25, -0.2) is 0 Å². The highest BCUT2D eigenvalue weighted by molar-refractivity contribution is 8.00. The lowest BCUT2D eigenvalue weighted by Gasteiger charge is -2.30. The van der Waals surface area contributed by atoms with E-state index in [-0.39, 0.29) is 37.1 Å². The number of aliphatic hydroxyl groups excluding tert-OH is 2. The predicted octanol–water partition coefficient (Wildman–Crippen LogP) is 2.86. The van der Waals surface area contributed by atoms with Gasteiger partial charge in [0.15, 0.2) is 0 Å². The number of alkyl halides is 3. The van der Waals surface area contributed by atoms with Crippen molar-refractivity contribution < 1.29 is 23.4 Å². The fourth-order valence-corrected chi connectivity index (χ4v) is 2.60. The predicted molar refractivity (Wildman–Crippen MR) is 70.2 cm³/mol. The van der Waals surface area contributed by atoms with E-state index >= 15 is 0 Å². The van der Waals surface area contributed by atoms with E-state index in [1.165, 1.54) is 0 Å². The lowest BCUT2D eigenvalue weighted by Crippen LogP contribution is -2.36. The molecule has 0 aliphatic heterocycles. The van der Waals surface area contributed by atoms with Crippen LogP contribution in [-0.4, -0.2) is 34.7 Å². The zero-order valence-corrected chi connectivity index (χ0v) is 11.4. The molecule has 0 unspecified atom stereocenters. The summed E-state index contributed by atoms with van der Waals surface area (Å²) < 4.78 is 36.4. The molecule has 19 heavy (non-hydrogen) atoms. The average Bonchev–Trinajstić information content (AvgIpc) is 2.34. The molecule has 0 fully saturated rings. The van der Waals surface area contributed by atoms with Crippen molar-refractivity contribution in [1.29, 1.82) is 0 Å². The van der Waals surface area contributed by atoms with Crippen LogP contribution in [0.25, 0.3) is 0 Å². The summed E-state index contributed by atoms with van der Waals surface area (Å²) in [6.07, 6.45) is 0.0631. The quantitative estimate of drug-likeness (QED) is 0.847. The fourth-order valence-electron chi connectivity index (χ4n) is 1.87. The fraction of sp³-hybridized carbons (Fsp3) is 0.538. The zero-order valence-electron chi connectivity index (χ0n) is 10.6. The summed E-state index contributed by atoms with van der Waals surface area (Å²) in [5.74, 6) is -0.196. The molecule has 0 radical (unpaired) electrons. The summed E-state index contributed by atoms with van der Waals surface area (Å²) >= 11 is -0.132. The first kappa shape index (κ1) is 16.3. The molecule has 0 aliphatic rings. The molecule has 0 saturated heterocycles. The van der Waals surface area contributed by atoms with E-state index in [9.17, 15) is 23.4 Å². The summed E-state index contributed by atoms with van der Waals surface area (Å²) in [5.41, 5.74) is -3.71. The first-order chi connectivity index (χ1) is 8.83. The van der Waals surface area contributed by atoms with E-state index in [0.717, 1.165) is 5.56 Å². The van der Waals surface area contributed by atoms with E-state index in [4.69, 9.17) is 0 Å². The van der Waals surface area contributed by atoms with E-state index in [2.05, 4.69) is 0 Å². The van der Waals surface area contributed by atoms with Gasteiger partial charge in [0.05, 0.1) is 13.2 Å². The molecule has 0 atom stereocenters. The molecule has 1 rings (SSSR count). The highest BCUT2D eigenvalue weighted by Crippen LogP contribution is 2.35. The Hall–Kier alpha value is -0.720. The van der Waals surface area contributed by atoms with E-state index < -0.39 is 10.9 Å². The Bertz CT molecular complexity index is 403. The van der Waals surface area contributed by atoms with Gasteiger partial charge in [0, 0.05) is 11.2 Å². The number of halogens is 3. The van der Waals surface area contributed by atoms with E-state index in [1.54, 1.807) is 18.2 Å². The van der Waals surface area contributed by atoms with Crippen LogP contribution < -0.4 is 0 Å². The Morgan fingerprint density at radius 1 is 1.16 bits per heavy atom. The topological polar surface area (TPSA) is 40.5 Å². The first-order valence-corrected chi connectivity index (χ1v) is 6.81. The second-order valence-corrected chi connectivity index (χ2v) is 5.67. The Balaban J connectivity index is 2.85. The largest absolute Gasteiger partial charge is 0.441 e. The monoisotopic (exact) mass is 294 g/mol. The van der Waals surface area contributed by atoms with E-state index in [1.807, 2.05) is 13.0 Å². The first-order valence-electron chi connectivity index (χ1n) is 5.82. The second kappa shape index (κ2) is 6.63. The number of aryl methyl sites for hydroxylation is 1. The van der Waals surface area contributed by atoms with Gasteiger partial charge < -0.3 is 10.2 Å². The summed E-state index contributed by atoms with van der Waals surface area (Å²) in [6, 6.07) is 7.12. The van der Waals surface area contributed by atoms with Gasteiger partial charge in [-0.05, 0) is 18.9 Å². The lowest BCUT2D eigenvalue weighted by atomic mass is 9.79.